The Hall–Kier alpha value is -1.43. The molecule has 20 heavy (non-hydrogen) atoms. The molecule has 1 aromatic heterocycles. The van der Waals surface area contributed by atoms with Gasteiger partial charge in [0, 0.05) is 19.1 Å². The summed E-state index contributed by atoms with van der Waals surface area (Å²) in [4.78, 5) is 14.2. The molecule has 0 spiro atoms. The van der Waals surface area contributed by atoms with Gasteiger partial charge in [-0.3, -0.25) is 4.79 Å². The van der Waals surface area contributed by atoms with Crippen molar-refractivity contribution in [1.29, 1.82) is 0 Å². The average Bonchev–Trinajstić information content (AvgIpc) is 2.87. The van der Waals surface area contributed by atoms with Gasteiger partial charge in [-0.05, 0) is 19.8 Å². The number of nitrogens with two attached hydrogens (primary N) is 1. The van der Waals surface area contributed by atoms with Crippen LogP contribution in [0.25, 0.3) is 0 Å². The highest BCUT2D eigenvalue weighted by atomic mass is 16.2. The van der Waals surface area contributed by atoms with Crippen LogP contribution < -0.4 is 5.73 Å². The maximum absolute atomic E-state index is 12.3. The maximum Gasteiger partial charge on any atom is 0.244 e. The van der Waals surface area contributed by atoms with E-state index in [9.17, 15) is 4.79 Å². The Balaban J connectivity index is 2.58. The molecule has 1 amide bonds. The van der Waals surface area contributed by atoms with Crippen molar-refractivity contribution in [2.75, 3.05) is 13.1 Å². The minimum atomic E-state index is -0.157. The number of aromatic nitrogens is 3. The fraction of sp³-hybridized carbons (Fsp3) is 0.786. The second-order valence-electron chi connectivity index (χ2n) is 5.22. The minimum absolute atomic E-state index is 0.105. The van der Waals surface area contributed by atoms with Crippen LogP contribution in [0.4, 0.5) is 0 Å². The maximum atomic E-state index is 12.3. The van der Waals surface area contributed by atoms with E-state index in [1.54, 1.807) is 10.9 Å². The van der Waals surface area contributed by atoms with E-state index in [1.165, 1.54) is 0 Å². The number of carbonyl (C=O) groups excluding carboxylic acids is 1. The largest absolute Gasteiger partial charge is 0.341 e. The number of hydrogen-bond donors (Lipinski definition) is 1. The summed E-state index contributed by atoms with van der Waals surface area (Å²) in [7, 11) is 0. The molecule has 0 aliphatic heterocycles. The summed E-state index contributed by atoms with van der Waals surface area (Å²) >= 11 is 0. The van der Waals surface area contributed by atoms with Gasteiger partial charge in [0.1, 0.15) is 6.54 Å². The molecule has 1 unspecified atom stereocenters. The first kappa shape index (κ1) is 16.6. The second kappa shape index (κ2) is 8.68. The third kappa shape index (κ3) is 5.28. The van der Waals surface area contributed by atoms with Crippen molar-refractivity contribution in [2.45, 2.75) is 59.0 Å². The van der Waals surface area contributed by atoms with E-state index in [2.05, 4.69) is 24.2 Å². The van der Waals surface area contributed by atoms with Crippen LogP contribution in [0.15, 0.2) is 6.20 Å². The van der Waals surface area contributed by atoms with Crippen molar-refractivity contribution < 1.29 is 4.79 Å². The van der Waals surface area contributed by atoms with Gasteiger partial charge in [0.05, 0.1) is 11.9 Å². The highest BCUT2D eigenvalue weighted by Gasteiger charge is 2.14. The average molecular weight is 281 g/mol. The summed E-state index contributed by atoms with van der Waals surface area (Å²) in [5, 5.41) is 7.93. The van der Waals surface area contributed by atoms with E-state index >= 15 is 0 Å². The van der Waals surface area contributed by atoms with Gasteiger partial charge in [-0.1, -0.05) is 31.9 Å². The Labute approximate surface area is 121 Å². The van der Waals surface area contributed by atoms with E-state index in [4.69, 9.17) is 5.73 Å². The molecule has 114 valence electrons. The van der Waals surface area contributed by atoms with E-state index in [0.717, 1.165) is 38.8 Å². The number of amides is 1. The van der Waals surface area contributed by atoms with Crippen molar-refractivity contribution >= 4 is 5.91 Å². The number of rotatable bonds is 9. The second-order valence-corrected chi connectivity index (χ2v) is 5.22. The molecule has 1 aromatic rings. The van der Waals surface area contributed by atoms with Crippen molar-refractivity contribution in [2.24, 2.45) is 5.73 Å². The first-order chi connectivity index (χ1) is 9.58. The first-order valence-corrected chi connectivity index (χ1v) is 7.51. The molecule has 2 N–H and O–H groups in total. The standard InChI is InChI=1S/C14H27N5O/c1-4-6-8-18(9-7-5-2)14(20)11-19-10-13(12(3)15)16-17-19/h10,12H,4-9,11,15H2,1-3H3. The van der Waals surface area contributed by atoms with Crippen molar-refractivity contribution in [3.8, 4) is 0 Å². The van der Waals surface area contributed by atoms with Crippen LogP contribution in [-0.4, -0.2) is 38.9 Å². The van der Waals surface area contributed by atoms with Gasteiger partial charge in [-0.25, -0.2) is 4.68 Å². The summed E-state index contributed by atoms with van der Waals surface area (Å²) in [6, 6.07) is -0.157. The molecule has 0 aliphatic carbocycles. The lowest BCUT2D eigenvalue weighted by Gasteiger charge is -2.22. The zero-order chi connectivity index (χ0) is 15.0. The van der Waals surface area contributed by atoms with Crippen molar-refractivity contribution in [3.05, 3.63) is 11.9 Å². The molecule has 0 bridgehead atoms. The van der Waals surface area contributed by atoms with Crippen LogP contribution >= 0.6 is 0 Å². The van der Waals surface area contributed by atoms with Gasteiger partial charge >= 0.3 is 0 Å². The van der Waals surface area contributed by atoms with Gasteiger partial charge < -0.3 is 10.6 Å². The smallest absolute Gasteiger partial charge is 0.244 e. The quantitative estimate of drug-likeness (QED) is 0.747. The summed E-state index contributed by atoms with van der Waals surface area (Å²) < 4.78 is 1.58. The monoisotopic (exact) mass is 281 g/mol. The first-order valence-electron chi connectivity index (χ1n) is 7.51. The summed E-state index contributed by atoms with van der Waals surface area (Å²) in [6.07, 6.45) is 6.01. The Morgan fingerprint density at radius 3 is 2.40 bits per heavy atom. The Morgan fingerprint density at radius 2 is 1.95 bits per heavy atom. The fourth-order valence-corrected chi connectivity index (χ4v) is 1.90. The third-order valence-electron chi connectivity index (χ3n) is 3.24. The molecule has 1 heterocycles. The van der Waals surface area contributed by atoms with Crippen LogP contribution in [0.3, 0.4) is 0 Å². The molecule has 0 radical (unpaired) electrons. The molecular weight excluding hydrogens is 254 g/mol. The third-order valence-corrected chi connectivity index (χ3v) is 3.24. The Morgan fingerprint density at radius 1 is 1.35 bits per heavy atom. The van der Waals surface area contributed by atoms with Crippen LogP contribution in [0, 0.1) is 0 Å². The molecule has 0 aliphatic rings. The lowest BCUT2D eigenvalue weighted by molar-refractivity contribution is -0.132. The van der Waals surface area contributed by atoms with Crippen molar-refractivity contribution in [1.82, 2.24) is 19.9 Å². The van der Waals surface area contributed by atoms with Crippen LogP contribution in [-0.2, 0) is 11.3 Å². The zero-order valence-corrected chi connectivity index (χ0v) is 12.9. The van der Waals surface area contributed by atoms with E-state index in [1.807, 2.05) is 11.8 Å². The van der Waals surface area contributed by atoms with E-state index in [-0.39, 0.29) is 18.5 Å². The number of hydrogen-bond acceptors (Lipinski definition) is 4. The molecular formula is C14H27N5O. The van der Waals surface area contributed by atoms with Crippen LogP contribution in [0.2, 0.25) is 0 Å². The highest BCUT2D eigenvalue weighted by molar-refractivity contribution is 5.75. The Bertz CT molecular complexity index is 394. The predicted octanol–water partition coefficient (Wildman–Crippen LogP) is 1.73. The lowest BCUT2D eigenvalue weighted by atomic mass is 10.2. The van der Waals surface area contributed by atoms with Crippen molar-refractivity contribution in [3.63, 3.8) is 0 Å². The normalized spacial score (nSPS) is 12.4. The number of unbranched alkanes of at least 4 members (excludes halogenated alkanes) is 2. The van der Waals surface area contributed by atoms with E-state index in [0.29, 0.717) is 5.69 Å². The molecule has 0 saturated heterocycles. The predicted molar refractivity (Wildman–Crippen MR) is 79.0 cm³/mol. The molecule has 6 nitrogen and oxygen atoms in total. The molecule has 0 saturated carbocycles. The number of carbonyl (C=O) groups is 1. The number of nitrogens with zero attached hydrogens (tertiary/aromatic N) is 4. The van der Waals surface area contributed by atoms with Gasteiger partial charge in [0.25, 0.3) is 0 Å². The SMILES string of the molecule is CCCCN(CCCC)C(=O)Cn1cc(C(C)N)nn1. The highest BCUT2D eigenvalue weighted by Crippen LogP contribution is 2.05. The van der Waals surface area contributed by atoms with Crippen LogP contribution in [0.5, 0.6) is 0 Å². The Kier molecular flexibility index (Phi) is 7.22. The molecule has 1 rings (SSSR count). The topological polar surface area (TPSA) is 77.0 Å². The minimum Gasteiger partial charge on any atom is -0.341 e. The van der Waals surface area contributed by atoms with E-state index < -0.39 is 0 Å². The summed E-state index contributed by atoms with van der Waals surface area (Å²) in [6.45, 7) is 8.01. The molecule has 0 fully saturated rings. The zero-order valence-electron chi connectivity index (χ0n) is 12.9. The summed E-state index contributed by atoms with van der Waals surface area (Å²) in [5.41, 5.74) is 6.45. The molecule has 6 heteroatoms. The van der Waals surface area contributed by atoms with Gasteiger partial charge in [-0.2, -0.15) is 0 Å². The van der Waals surface area contributed by atoms with Gasteiger partial charge in [0.2, 0.25) is 5.91 Å². The fourth-order valence-electron chi connectivity index (χ4n) is 1.90. The molecule has 1 atom stereocenters. The summed E-state index contributed by atoms with van der Waals surface area (Å²) in [5.74, 6) is 0.105. The van der Waals surface area contributed by atoms with Gasteiger partial charge in [-0.15, -0.1) is 5.10 Å². The molecule has 0 aromatic carbocycles. The van der Waals surface area contributed by atoms with Crippen LogP contribution in [0.1, 0.15) is 58.2 Å². The lowest BCUT2D eigenvalue weighted by Crippen LogP contribution is -2.35. The van der Waals surface area contributed by atoms with Gasteiger partial charge in [0.15, 0.2) is 0 Å².